The molecule has 0 saturated carbocycles. The maximum atomic E-state index is 11.9. The summed E-state index contributed by atoms with van der Waals surface area (Å²) < 4.78 is 17.7. The lowest BCUT2D eigenvalue weighted by Crippen LogP contribution is -2.27. The van der Waals surface area contributed by atoms with Crippen LogP contribution in [0, 0.1) is 0 Å². The van der Waals surface area contributed by atoms with Gasteiger partial charge in [-0.25, -0.2) is 4.39 Å². The Labute approximate surface area is 114 Å². The van der Waals surface area contributed by atoms with E-state index in [1.54, 1.807) is 17.0 Å². The van der Waals surface area contributed by atoms with Crippen molar-refractivity contribution >= 4 is 34.2 Å². The summed E-state index contributed by atoms with van der Waals surface area (Å²) in [7, 11) is 0. The number of thiocarbonyl (C=S) groups is 1. The molecule has 6 heteroatoms. The molecular weight excluding hydrogens is 273 g/mol. The third-order valence-electron chi connectivity index (χ3n) is 2.45. The highest BCUT2D eigenvalue weighted by molar-refractivity contribution is 8.23. The molecule has 1 amide bonds. The van der Waals surface area contributed by atoms with Gasteiger partial charge in [-0.2, -0.15) is 0 Å². The lowest BCUT2D eigenvalue weighted by Gasteiger charge is -2.15. The van der Waals surface area contributed by atoms with E-state index in [1.807, 2.05) is 12.1 Å². The van der Waals surface area contributed by atoms with Crippen LogP contribution in [-0.2, 0) is 11.3 Å². The van der Waals surface area contributed by atoms with Crippen molar-refractivity contribution < 1.29 is 13.9 Å². The number of amides is 1. The summed E-state index contributed by atoms with van der Waals surface area (Å²) in [5.74, 6) is 1.10. The Bertz CT molecular complexity index is 434. The molecule has 1 aliphatic heterocycles. The van der Waals surface area contributed by atoms with Crippen molar-refractivity contribution in [2.75, 3.05) is 19.0 Å². The van der Waals surface area contributed by atoms with Crippen LogP contribution < -0.4 is 4.74 Å². The number of halogens is 1. The third kappa shape index (κ3) is 3.20. The minimum atomic E-state index is -0.504. The van der Waals surface area contributed by atoms with Gasteiger partial charge in [0.25, 0.3) is 0 Å². The lowest BCUT2D eigenvalue weighted by atomic mass is 10.2. The minimum Gasteiger partial charge on any atom is -0.491 e. The molecule has 0 radical (unpaired) electrons. The van der Waals surface area contributed by atoms with Gasteiger partial charge in [0.1, 0.15) is 23.4 Å². The Kier molecular flexibility index (Phi) is 4.54. The van der Waals surface area contributed by atoms with Gasteiger partial charge in [-0.05, 0) is 17.7 Å². The molecule has 1 heterocycles. The Morgan fingerprint density at radius 1 is 1.39 bits per heavy atom. The van der Waals surface area contributed by atoms with Crippen molar-refractivity contribution in [1.82, 2.24) is 4.90 Å². The van der Waals surface area contributed by atoms with Crippen molar-refractivity contribution in [2.24, 2.45) is 0 Å². The zero-order valence-corrected chi connectivity index (χ0v) is 11.2. The molecule has 0 aliphatic carbocycles. The van der Waals surface area contributed by atoms with E-state index in [0.29, 0.717) is 22.4 Å². The van der Waals surface area contributed by atoms with Gasteiger partial charge in [-0.3, -0.25) is 9.69 Å². The molecule has 1 saturated heterocycles. The second-order valence-electron chi connectivity index (χ2n) is 3.72. The van der Waals surface area contributed by atoms with Gasteiger partial charge < -0.3 is 4.74 Å². The number of alkyl halides is 1. The highest BCUT2D eigenvalue weighted by atomic mass is 32.2. The van der Waals surface area contributed by atoms with Crippen LogP contribution in [0.15, 0.2) is 24.3 Å². The van der Waals surface area contributed by atoms with Crippen molar-refractivity contribution in [3.8, 4) is 5.75 Å². The first-order valence-corrected chi connectivity index (χ1v) is 6.85. The van der Waals surface area contributed by atoms with Crippen molar-refractivity contribution in [3.05, 3.63) is 29.8 Å². The minimum absolute atomic E-state index is 0.0442. The summed E-state index contributed by atoms with van der Waals surface area (Å²) in [5.41, 5.74) is 0.973. The number of rotatable bonds is 5. The van der Waals surface area contributed by atoms with Crippen LogP contribution >= 0.6 is 24.0 Å². The molecule has 3 nitrogen and oxygen atoms in total. The molecule has 1 aromatic rings. The largest absolute Gasteiger partial charge is 0.491 e. The molecule has 0 spiro atoms. The predicted octanol–water partition coefficient (Wildman–Crippen LogP) is 2.40. The van der Waals surface area contributed by atoms with E-state index in [0.717, 1.165) is 5.56 Å². The van der Waals surface area contributed by atoms with Gasteiger partial charge in [-0.1, -0.05) is 36.1 Å². The van der Waals surface area contributed by atoms with Crippen LogP contribution in [0.3, 0.4) is 0 Å². The standard InChI is InChI=1S/C12H12FNO2S2/c13-5-6-16-10-3-1-9(2-4-10)7-14-11(15)8-18-12(14)17/h1-4H,5-8H2. The second kappa shape index (κ2) is 6.15. The summed E-state index contributed by atoms with van der Waals surface area (Å²) >= 11 is 6.49. The van der Waals surface area contributed by atoms with Crippen LogP contribution in [0.1, 0.15) is 5.56 Å². The molecule has 1 aliphatic rings. The molecule has 2 rings (SSSR count). The first-order valence-electron chi connectivity index (χ1n) is 5.45. The second-order valence-corrected chi connectivity index (χ2v) is 5.33. The molecule has 18 heavy (non-hydrogen) atoms. The van der Waals surface area contributed by atoms with Crippen LogP contribution in [-0.4, -0.2) is 34.2 Å². The zero-order valence-electron chi connectivity index (χ0n) is 9.60. The van der Waals surface area contributed by atoms with Crippen molar-refractivity contribution in [2.45, 2.75) is 6.54 Å². The molecule has 0 aromatic heterocycles. The van der Waals surface area contributed by atoms with Gasteiger partial charge in [-0.15, -0.1) is 0 Å². The highest BCUT2D eigenvalue weighted by Gasteiger charge is 2.26. The van der Waals surface area contributed by atoms with E-state index in [1.165, 1.54) is 11.8 Å². The number of carbonyl (C=O) groups excluding carboxylic acids is 1. The van der Waals surface area contributed by atoms with Gasteiger partial charge in [0.05, 0.1) is 12.3 Å². The van der Waals surface area contributed by atoms with Crippen molar-refractivity contribution in [3.63, 3.8) is 0 Å². The summed E-state index contributed by atoms with van der Waals surface area (Å²) in [6.07, 6.45) is 0. The monoisotopic (exact) mass is 285 g/mol. The molecular formula is C12H12FNO2S2. The topological polar surface area (TPSA) is 29.5 Å². The molecule has 96 valence electrons. The van der Waals surface area contributed by atoms with Crippen molar-refractivity contribution in [1.29, 1.82) is 0 Å². The van der Waals surface area contributed by atoms with Crippen LogP contribution in [0.5, 0.6) is 5.75 Å². The van der Waals surface area contributed by atoms with E-state index in [2.05, 4.69) is 0 Å². The molecule has 1 aromatic carbocycles. The molecule has 0 unspecified atom stereocenters. The van der Waals surface area contributed by atoms with E-state index >= 15 is 0 Å². The normalized spacial score (nSPS) is 15.3. The molecule has 1 fully saturated rings. The number of hydrogen-bond donors (Lipinski definition) is 0. The fourth-order valence-corrected chi connectivity index (χ4v) is 2.63. The summed E-state index contributed by atoms with van der Waals surface area (Å²) in [6.45, 7) is 0.0360. The fraction of sp³-hybridized carbons (Fsp3) is 0.333. The van der Waals surface area contributed by atoms with Crippen LogP contribution in [0.2, 0.25) is 0 Å². The summed E-state index contributed by atoms with van der Waals surface area (Å²) in [5, 5.41) is 0. The maximum Gasteiger partial charge on any atom is 0.238 e. The Morgan fingerprint density at radius 2 is 2.11 bits per heavy atom. The van der Waals surface area contributed by atoms with Gasteiger partial charge in [0.2, 0.25) is 5.91 Å². The summed E-state index contributed by atoms with van der Waals surface area (Å²) in [6, 6.07) is 7.24. The van der Waals surface area contributed by atoms with Crippen LogP contribution in [0.25, 0.3) is 0 Å². The first kappa shape index (κ1) is 13.3. The smallest absolute Gasteiger partial charge is 0.238 e. The number of thioether (sulfide) groups is 1. The number of benzene rings is 1. The number of hydrogen-bond acceptors (Lipinski definition) is 4. The van der Waals surface area contributed by atoms with Crippen LogP contribution in [0.4, 0.5) is 4.39 Å². The summed E-state index contributed by atoms with van der Waals surface area (Å²) in [4.78, 5) is 13.1. The number of ether oxygens (including phenoxy) is 1. The van der Waals surface area contributed by atoms with Gasteiger partial charge in [0.15, 0.2) is 0 Å². The van der Waals surface area contributed by atoms with E-state index in [4.69, 9.17) is 17.0 Å². The maximum absolute atomic E-state index is 11.9. The van der Waals surface area contributed by atoms with E-state index in [-0.39, 0.29) is 12.5 Å². The molecule has 0 N–H and O–H groups in total. The Morgan fingerprint density at radius 3 is 2.67 bits per heavy atom. The first-order chi connectivity index (χ1) is 8.70. The SMILES string of the molecule is O=C1CSC(=S)N1Cc1ccc(OCCF)cc1. The molecule has 0 bridgehead atoms. The lowest BCUT2D eigenvalue weighted by molar-refractivity contribution is -0.124. The van der Waals surface area contributed by atoms with Gasteiger partial charge >= 0.3 is 0 Å². The number of carbonyl (C=O) groups is 1. The zero-order chi connectivity index (χ0) is 13.0. The third-order valence-corrected chi connectivity index (χ3v) is 3.88. The Hall–Kier alpha value is -1.14. The molecule has 0 atom stereocenters. The Balaban J connectivity index is 1.97. The van der Waals surface area contributed by atoms with E-state index in [9.17, 15) is 9.18 Å². The fourth-order valence-electron chi connectivity index (χ4n) is 1.56. The van der Waals surface area contributed by atoms with E-state index < -0.39 is 6.67 Å². The average Bonchev–Trinajstić information content (AvgIpc) is 2.70. The quantitative estimate of drug-likeness (QED) is 0.777. The number of nitrogens with zero attached hydrogens (tertiary/aromatic N) is 1. The predicted molar refractivity (Wildman–Crippen MR) is 73.5 cm³/mol. The average molecular weight is 285 g/mol. The van der Waals surface area contributed by atoms with Gasteiger partial charge in [0, 0.05) is 0 Å². The highest BCUT2D eigenvalue weighted by Crippen LogP contribution is 2.22.